The number of nitriles is 1. The van der Waals surface area contributed by atoms with Crippen molar-refractivity contribution in [3.05, 3.63) is 74.3 Å². The molecule has 6 rings (SSSR count). The lowest BCUT2D eigenvalue weighted by Gasteiger charge is -2.30. The molecule has 5 nitrogen and oxygen atoms in total. The van der Waals surface area contributed by atoms with Crippen molar-refractivity contribution in [3.8, 4) is 11.1 Å². The second-order valence-corrected chi connectivity index (χ2v) is 12.6. The molecule has 3 aromatic rings. The SMILES string of the molecule is Cc1cc(/C=C2/SC(=Nc3ccccc3)N(C3CCCCC3)C2=O)c(C)n1-c1sc2c(c1C#N)CCCC2. The van der Waals surface area contributed by atoms with Gasteiger partial charge in [-0.05, 0) is 99.5 Å². The lowest BCUT2D eigenvalue weighted by atomic mass is 9.94. The van der Waals surface area contributed by atoms with Crippen molar-refractivity contribution >= 4 is 45.9 Å². The number of benzene rings is 1. The third kappa shape index (κ3) is 4.54. The summed E-state index contributed by atoms with van der Waals surface area (Å²) < 4.78 is 2.22. The fourth-order valence-electron chi connectivity index (χ4n) is 6.05. The molecule has 2 aliphatic carbocycles. The number of amidine groups is 1. The first kappa shape index (κ1) is 25.2. The van der Waals surface area contributed by atoms with Crippen molar-refractivity contribution in [1.82, 2.24) is 9.47 Å². The average molecular weight is 541 g/mol. The van der Waals surface area contributed by atoms with Crippen LogP contribution in [0.15, 0.2) is 46.3 Å². The molecule has 1 aliphatic heterocycles. The summed E-state index contributed by atoms with van der Waals surface area (Å²) in [6, 6.07) is 14.8. The molecule has 3 aliphatic rings. The molecule has 0 N–H and O–H groups in total. The monoisotopic (exact) mass is 540 g/mol. The number of aryl methyl sites for hydroxylation is 2. The van der Waals surface area contributed by atoms with Crippen LogP contribution in [0.1, 0.15) is 77.9 Å². The largest absolute Gasteiger partial charge is 0.308 e. The minimum Gasteiger partial charge on any atom is -0.308 e. The van der Waals surface area contributed by atoms with Crippen LogP contribution in [-0.4, -0.2) is 26.6 Å². The molecule has 1 saturated carbocycles. The van der Waals surface area contributed by atoms with Crippen LogP contribution in [0.4, 0.5) is 5.69 Å². The molecule has 2 aromatic heterocycles. The van der Waals surface area contributed by atoms with Crippen molar-refractivity contribution in [2.45, 2.75) is 77.7 Å². The van der Waals surface area contributed by atoms with E-state index in [1.54, 1.807) is 11.3 Å². The number of nitrogens with zero attached hydrogens (tertiary/aromatic N) is 4. The van der Waals surface area contributed by atoms with Crippen molar-refractivity contribution < 1.29 is 4.79 Å². The van der Waals surface area contributed by atoms with Crippen molar-refractivity contribution in [3.63, 3.8) is 0 Å². The van der Waals surface area contributed by atoms with E-state index in [4.69, 9.17) is 4.99 Å². The standard InChI is InChI=1S/C31H32N4OS2/c1-20-17-22(21(2)34(20)30-26(19-32)25-15-9-10-16-27(25)37-30)18-28-29(36)35(24-13-7-4-8-14-24)31(38-28)33-23-11-5-3-6-12-23/h3,5-6,11-12,17-18,24H,4,7-10,13-16H2,1-2H3/b28-18+,33-31?. The van der Waals surface area contributed by atoms with Crippen LogP contribution in [-0.2, 0) is 17.6 Å². The van der Waals surface area contributed by atoms with Gasteiger partial charge in [-0.2, -0.15) is 5.26 Å². The number of thioether (sulfide) groups is 1. The van der Waals surface area contributed by atoms with Gasteiger partial charge >= 0.3 is 0 Å². The molecule has 0 atom stereocenters. The Bertz CT molecular complexity index is 1480. The second kappa shape index (κ2) is 10.6. The fraction of sp³-hybridized carbons (Fsp3) is 0.387. The molecule has 1 aromatic carbocycles. The zero-order valence-corrected chi connectivity index (χ0v) is 23.6. The van der Waals surface area contributed by atoms with Crippen LogP contribution in [0.3, 0.4) is 0 Å². The number of hydrogen-bond donors (Lipinski definition) is 0. The van der Waals surface area contributed by atoms with Gasteiger partial charge in [0.2, 0.25) is 0 Å². The highest BCUT2D eigenvalue weighted by atomic mass is 32.2. The molecule has 0 bridgehead atoms. The maximum Gasteiger partial charge on any atom is 0.267 e. The molecule has 3 heterocycles. The van der Waals surface area contributed by atoms with E-state index in [9.17, 15) is 10.1 Å². The van der Waals surface area contributed by atoms with E-state index in [0.717, 1.165) is 88.2 Å². The van der Waals surface area contributed by atoms with E-state index in [1.807, 2.05) is 41.3 Å². The van der Waals surface area contributed by atoms with Crippen molar-refractivity contribution in [2.75, 3.05) is 0 Å². The van der Waals surface area contributed by atoms with Crippen LogP contribution in [0.2, 0.25) is 0 Å². The molecule has 7 heteroatoms. The number of rotatable bonds is 4. The van der Waals surface area contributed by atoms with Crippen LogP contribution in [0, 0.1) is 25.2 Å². The Kier molecular flexibility index (Phi) is 7.03. The van der Waals surface area contributed by atoms with Gasteiger partial charge in [-0.15, -0.1) is 11.3 Å². The number of hydrogen-bond acceptors (Lipinski definition) is 5. The normalized spacial score (nSPS) is 20.3. The number of carbonyl (C=O) groups is 1. The molecular weight excluding hydrogens is 509 g/mol. The second-order valence-electron chi connectivity index (χ2n) is 10.5. The maximum atomic E-state index is 13.8. The Balaban J connectivity index is 1.39. The Hall–Kier alpha value is -3.08. The van der Waals surface area contributed by atoms with Crippen LogP contribution < -0.4 is 0 Å². The molecule has 194 valence electrons. The van der Waals surface area contributed by atoms with Crippen molar-refractivity contribution in [1.29, 1.82) is 5.26 Å². The Morgan fingerprint density at radius 3 is 2.58 bits per heavy atom. The molecule has 1 saturated heterocycles. The quantitative estimate of drug-likeness (QED) is 0.317. The summed E-state index contributed by atoms with van der Waals surface area (Å²) in [5.74, 6) is 0.0608. The van der Waals surface area contributed by atoms with Gasteiger partial charge in [0.05, 0.1) is 16.2 Å². The Morgan fingerprint density at radius 1 is 1.05 bits per heavy atom. The van der Waals surface area contributed by atoms with Gasteiger partial charge in [0.25, 0.3) is 5.91 Å². The summed E-state index contributed by atoms with van der Waals surface area (Å²) >= 11 is 3.25. The van der Waals surface area contributed by atoms with Gasteiger partial charge in [0.1, 0.15) is 11.1 Å². The van der Waals surface area contributed by atoms with Crippen LogP contribution in [0.25, 0.3) is 11.1 Å². The molecule has 2 fully saturated rings. The lowest BCUT2D eigenvalue weighted by Crippen LogP contribution is -2.40. The maximum absolute atomic E-state index is 13.8. The van der Waals surface area contributed by atoms with E-state index < -0.39 is 0 Å². The summed E-state index contributed by atoms with van der Waals surface area (Å²) in [4.78, 5) is 22.8. The smallest absolute Gasteiger partial charge is 0.267 e. The van der Waals surface area contributed by atoms with Crippen molar-refractivity contribution in [2.24, 2.45) is 4.99 Å². The van der Waals surface area contributed by atoms with Gasteiger partial charge in [-0.3, -0.25) is 9.69 Å². The average Bonchev–Trinajstić information content (AvgIpc) is 3.55. The first-order valence-electron chi connectivity index (χ1n) is 13.7. The highest BCUT2D eigenvalue weighted by molar-refractivity contribution is 8.18. The molecular formula is C31H32N4OS2. The summed E-state index contributed by atoms with van der Waals surface area (Å²) in [6.45, 7) is 4.19. The van der Waals surface area contributed by atoms with Gasteiger partial charge in [-0.25, -0.2) is 4.99 Å². The lowest BCUT2D eigenvalue weighted by molar-refractivity contribution is -0.124. The topological polar surface area (TPSA) is 61.4 Å². The molecule has 0 radical (unpaired) electrons. The first-order chi connectivity index (χ1) is 18.5. The Labute approximate surface area is 232 Å². The van der Waals surface area contributed by atoms with Gasteiger partial charge in [0, 0.05) is 22.3 Å². The van der Waals surface area contributed by atoms with E-state index in [0.29, 0.717) is 0 Å². The van der Waals surface area contributed by atoms with E-state index in [2.05, 4.69) is 30.6 Å². The fourth-order valence-corrected chi connectivity index (χ4v) is 8.55. The Morgan fingerprint density at radius 2 is 1.82 bits per heavy atom. The van der Waals surface area contributed by atoms with E-state index >= 15 is 0 Å². The van der Waals surface area contributed by atoms with E-state index in [-0.39, 0.29) is 11.9 Å². The predicted octanol–water partition coefficient (Wildman–Crippen LogP) is 7.84. The van der Waals surface area contributed by atoms with Gasteiger partial charge in [0.15, 0.2) is 5.17 Å². The zero-order chi connectivity index (χ0) is 26.2. The summed E-state index contributed by atoms with van der Waals surface area (Å²) in [5.41, 5.74) is 6.13. The third-order valence-electron chi connectivity index (χ3n) is 7.98. The third-order valence-corrected chi connectivity index (χ3v) is 10.2. The van der Waals surface area contributed by atoms with Gasteiger partial charge < -0.3 is 4.57 Å². The number of aromatic nitrogens is 1. The number of para-hydroxylation sites is 1. The predicted molar refractivity (Wildman–Crippen MR) is 157 cm³/mol. The minimum atomic E-state index is 0.0608. The molecule has 0 unspecified atom stereocenters. The summed E-state index contributed by atoms with van der Waals surface area (Å²) in [7, 11) is 0. The highest BCUT2D eigenvalue weighted by Crippen LogP contribution is 2.41. The number of carbonyl (C=O) groups excluding carboxylic acids is 1. The molecule has 38 heavy (non-hydrogen) atoms. The van der Waals surface area contributed by atoms with E-state index in [1.165, 1.54) is 35.0 Å². The molecule has 0 spiro atoms. The highest BCUT2D eigenvalue weighted by Gasteiger charge is 2.39. The number of fused-ring (bicyclic) bond motifs is 1. The zero-order valence-electron chi connectivity index (χ0n) is 22.0. The van der Waals surface area contributed by atoms with Gasteiger partial charge in [-0.1, -0.05) is 37.5 Å². The minimum absolute atomic E-state index is 0.0608. The summed E-state index contributed by atoms with van der Waals surface area (Å²) in [5, 5.41) is 11.9. The number of aliphatic imine (C=N–C) groups is 1. The first-order valence-corrected chi connectivity index (χ1v) is 15.3. The summed E-state index contributed by atoms with van der Waals surface area (Å²) in [6.07, 6.45) is 12.1. The number of thiophene rings is 1. The number of amides is 1. The van der Waals surface area contributed by atoms with Crippen LogP contribution >= 0.6 is 23.1 Å². The van der Waals surface area contributed by atoms with Crippen LogP contribution in [0.5, 0.6) is 0 Å². The molecule has 1 amide bonds.